The number of nitrogens with zero attached hydrogens (tertiary/aromatic N) is 1. The van der Waals surface area contributed by atoms with E-state index in [2.05, 4.69) is 11.2 Å². The molecule has 2 N–H and O–H groups in total. The van der Waals surface area contributed by atoms with Crippen LogP contribution in [-0.4, -0.2) is 41.6 Å². The second-order valence-electron chi connectivity index (χ2n) is 2.57. The molecule has 0 saturated carbocycles. The van der Waals surface area contributed by atoms with Gasteiger partial charge in [0, 0.05) is 7.05 Å². The van der Waals surface area contributed by atoms with Gasteiger partial charge in [-0.1, -0.05) is 5.92 Å². The largest absolute Gasteiger partial charge is 0.480 e. The number of carbonyl (C=O) groups excluding carboxylic acids is 1. The monoisotopic (exact) mass is 184 g/mol. The summed E-state index contributed by atoms with van der Waals surface area (Å²) in [4.78, 5) is 22.7. The van der Waals surface area contributed by atoms with Gasteiger partial charge >= 0.3 is 12.0 Å². The number of carbonyl (C=O) groups is 2. The first kappa shape index (κ1) is 11.3. The molecule has 0 saturated heterocycles. The van der Waals surface area contributed by atoms with E-state index in [4.69, 9.17) is 11.5 Å². The Morgan fingerprint density at radius 3 is 2.62 bits per heavy atom. The van der Waals surface area contributed by atoms with Crippen LogP contribution in [0.25, 0.3) is 0 Å². The van der Waals surface area contributed by atoms with E-state index < -0.39 is 18.0 Å². The van der Waals surface area contributed by atoms with Gasteiger partial charge in [-0.15, -0.1) is 6.42 Å². The van der Waals surface area contributed by atoms with E-state index in [1.807, 2.05) is 0 Å². The van der Waals surface area contributed by atoms with Crippen LogP contribution in [0.2, 0.25) is 0 Å². The number of amides is 2. The molecule has 0 fully saturated rings. The van der Waals surface area contributed by atoms with E-state index in [1.165, 1.54) is 18.9 Å². The van der Waals surface area contributed by atoms with Crippen molar-refractivity contribution in [1.82, 2.24) is 10.2 Å². The third-order valence-electron chi connectivity index (χ3n) is 1.39. The molecule has 0 aromatic rings. The molecule has 0 rings (SSSR count). The van der Waals surface area contributed by atoms with Crippen LogP contribution in [0, 0.1) is 12.3 Å². The molecule has 5 nitrogen and oxygen atoms in total. The summed E-state index contributed by atoms with van der Waals surface area (Å²) in [7, 11) is 1.49. The smallest absolute Gasteiger partial charge is 0.325 e. The van der Waals surface area contributed by atoms with Crippen molar-refractivity contribution in [2.24, 2.45) is 0 Å². The number of rotatable bonds is 3. The van der Waals surface area contributed by atoms with E-state index in [0.717, 1.165) is 0 Å². The third kappa shape index (κ3) is 4.01. The lowest BCUT2D eigenvalue weighted by Gasteiger charge is -2.16. The third-order valence-corrected chi connectivity index (χ3v) is 1.39. The number of hydrogen-bond donors (Lipinski definition) is 2. The summed E-state index contributed by atoms with van der Waals surface area (Å²) in [6.07, 6.45) is 4.97. The molecule has 0 unspecified atom stereocenters. The summed E-state index contributed by atoms with van der Waals surface area (Å²) >= 11 is 0. The minimum atomic E-state index is -1.08. The highest BCUT2D eigenvalue weighted by molar-refractivity contribution is 5.82. The number of nitrogens with one attached hydrogen (secondary N) is 1. The van der Waals surface area contributed by atoms with Gasteiger partial charge in [-0.05, 0) is 6.92 Å². The van der Waals surface area contributed by atoms with Crippen molar-refractivity contribution in [3.63, 3.8) is 0 Å². The first-order valence-corrected chi connectivity index (χ1v) is 3.67. The number of aliphatic carboxylic acids is 1. The Hall–Kier alpha value is -1.70. The summed E-state index contributed by atoms with van der Waals surface area (Å²) in [5.41, 5.74) is 0. The van der Waals surface area contributed by atoms with Gasteiger partial charge in [0.25, 0.3) is 0 Å². The minimum Gasteiger partial charge on any atom is -0.480 e. The molecule has 5 heteroatoms. The molecule has 0 aromatic heterocycles. The van der Waals surface area contributed by atoms with Gasteiger partial charge in [-0.3, -0.25) is 4.79 Å². The number of carboxylic acid groups (broad SMARTS) is 1. The topological polar surface area (TPSA) is 69.6 Å². The van der Waals surface area contributed by atoms with Gasteiger partial charge in [0.2, 0.25) is 0 Å². The predicted octanol–water partition coefficient (Wildman–Crippen LogP) is -0.266. The molecule has 0 bridgehead atoms. The van der Waals surface area contributed by atoms with Gasteiger partial charge in [-0.2, -0.15) is 0 Å². The second-order valence-corrected chi connectivity index (χ2v) is 2.57. The van der Waals surface area contributed by atoms with Crippen molar-refractivity contribution in [1.29, 1.82) is 0 Å². The molecule has 0 heterocycles. The molecule has 0 aromatic carbocycles. The first-order chi connectivity index (χ1) is 5.99. The van der Waals surface area contributed by atoms with Crippen LogP contribution < -0.4 is 5.32 Å². The van der Waals surface area contributed by atoms with Gasteiger partial charge in [0.05, 0.1) is 6.54 Å². The zero-order valence-electron chi connectivity index (χ0n) is 7.57. The Labute approximate surface area is 76.7 Å². The van der Waals surface area contributed by atoms with Crippen molar-refractivity contribution in [2.75, 3.05) is 13.6 Å². The fourth-order valence-corrected chi connectivity index (χ4v) is 0.566. The minimum absolute atomic E-state index is 0.151. The van der Waals surface area contributed by atoms with Gasteiger partial charge < -0.3 is 15.3 Å². The molecule has 1 atom stereocenters. The summed E-state index contributed by atoms with van der Waals surface area (Å²) in [6.45, 7) is 1.53. The maximum Gasteiger partial charge on any atom is 0.325 e. The van der Waals surface area contributed by atoms with Crippen molar-refractivity contribution in [3.05, 3.63) is 0 Å². The number of urea groups is 1. The average molecular weight is 184 g/mol. The maximum absolute atomic E-state index is 11.1. The number of terminal acetylenes is 1. The fourth-order valence-electron chi connectivity index (χ4n) is 0.566. The lowest BCUT2D eigenvalue weighted by atomic mass is 10.3. The lowest BCUT2D eigenvalue weighted by molar-refractivity contribution is -0.138. The van der Waals surface area contributed by atoms with Crippen molar-refractivity contribution in [2.45, 2.75) is 13.0 Å². The predicted molar refractivity (Wildman–Crippen MR) is 47.1 cm³/mol. The SMILES string of the molecule is C#CCN(C)C(=O)N[C@@H](C)C(=O)O. The Bertz CT molecular complexity index is 244. The molecule has 0 aliphatic carbocycles. The highest BCUT2D eigenvalue weighted by atomic mass is 16.4. The van der Waals surface area contributed by atoms with Crippen LogP contribution in [0.1, 0.15) is 6.92 Å². The number of hydrogen-bond acceptors (Lipinski definition) is 2. The normalized spacial score (nSPS) is 11.2. The van der Waals surface area contributed by atoms with Crippen LogP contribution in [0.4, 0.5) is 4.79 Å². The van der Waals surface area contributed by atoms with Crippen LogP contribution in [0.5, 0.6) is 0 Å². The standard InChI is InChI=1S/C8H12N2O3/c1-4-5-10(3)8(13)9-6(2)7(11)12/h1,6H,5H2,2-3H3,(H,9,13)(H,11,12)/t6-/m0/s1. The molecule has 13 heavy (non-hydrogen) atoms. The summed E-state index contributed by atoms with van der Waals surface area (Å²) < 4.78 is 0. The first-order valence-electron chi connectivity index (χ1n) is 3.67. The molecule has 72 valence electrons. The van der Waals surface area contributed by atoms with Gasteiger partial charge in [-0.25, -0.2) is 4.79 Å². The van der Waals surface area contributed by atoms with E-state index in [0.29, 0.717) is 0 Å². The second kappa shape index (κ2) is 5.04. The molecule has 2 amide bonds. The van der Waals surface area contributed by atoms with E-state index in [-0.39, 0.29) is 6.54 Å². The maximum atomic E-state index is 11.1. The quantitative estimate of drug-likeness (QED) is 0.593. The molecule has 0 aliphatic rings. The zero-order valence-corrected chi connectivity index (χ0v) is 7.57. The summed E-state index contributed by atoms with van der Waals surface area (Å²) in [5.74, 6) is 1.19. The zero-order chi connectivity index (χ0) is 10.4. The van der Waals surface area contributed by atoms with Gasteiger partial charge in [0.15, 0.2) is 0 Å². The molecule has 0 radical (unpaired) electrons. The lowest BCUT2D eigenvalue weighted by Crippen LogP contribution is -2.45. The van der Waals surface area contributed by atoms with Crippen molar-refractivity contribution >= 4 is 12.0 Å². The number of carboxylic acids is 1. The Balaban J connectivity index is 4.01. The van der Waals surface area contributed by atoms with Crippen LogP contribution in [0.15, 0.2) is 0 Å². The van der Waals surface area contributed by atoms with E-state index in [1.54, 1.807) is 0 Å². The fraction of sp³-hybridized carbons (Fsp3) is 0.500. The molecular weight excluding hydrogens is 172 g/mol. The highest BCUT2D eigenvalue weighted by Crippen LogP contribution is 1.87. The van der Waals surface area contributed by atoms with E-state index >= 15 is 0 Å². The van der Waals surface area contributed by atoms with Gasteiger partial charge in [0.1, 0.15) is 6.04 Å². The van der Waals surface area contributed by atoms with E-state index in [9.17, 15) is 9.59 Å². The Morgan fingerprint density at radius 1 is 1.69 bits per heavy atom. The van der Waals surface area contributed by atoms with Crippen LogP contribution in [0.3, 0.4) is 0 Å². The van der Waals surface area contributed by atoms with Crippen LogP contribution >= 0.6 is 0 Å². The Kier molecular flexibility index (Phi) is 4.38. The summed E-state index contributed by atoms with van der Waals surface area (Å²) in [5, 5.41) is 10.7. The molecule has 0 aliphatic heterocycles. The summed E-state index contributed by atoms with van der Waals surface area (Å²) in [6, 6.07) is -1.40. The molecular formula is C8H12N2O3. The highest BCUT2D eigenvalue weighted by Gasteiger charge is 2.15. The average Bonchev–Trinajstić information content (AvgIpc) is 2.04. The van der Waals surface area contributed by atoms with Crippen molar-refractivity contribution in [3.8, 4) is 12.3 Å². The van der Waals surface area contributed by atoms with Crippen molar-refractivity contribution < 1.29 is 14.7 Å². The Morgan fingerprint density at radius 2 is 2.23 bits per heavy atom. The van der Waals surface area contributed by atoms with Crippen LogP contribution in [-0.2, 0) is 4.79 Å². The molecule has 0 spiro atoms.